The molecule has 0 spiro atoms. The van der Waals surface area contributed by atoms with E-state index >= 15 is 0 Å². The monoisotopic (exact) mass is 382 g/mol. The summed E-state index contributed by atoms with van der Waals surface area (Å²) in [6.07, 6.45) is -2.73. The van der Waals surface area contributed by atoms with Crippen molar-refractivity contribution >= 4 is 24.4 Å². The highest BCUT2D eigenvalue weighted by molar-refractivity contribution is 7.81. The van der Waals surface area contributed by atoms with Gasteiger partial charge in [0.25, 0.3) is 5.91 Å². The Balaban J connectivity index is 5.10. The molecule has 25 heavy (non-hydrogen) atoms. The fourth-order valence-corrected chi connectivity index (χ4v) is 2.60. The zero-order valence-corrected chi connectivity index (χ0v) is 15.5. The largest absolute Gasteiger partial charge is 0.394 e. The molecule has 0 aromatic carbocycles. The van der Waals surface area contributed by atoms with Gasteiger partial charge in [0.1, 0.15) is 12.2 Å². The summed E-state index contributed by atoms with van der Waals surface area (Å²) in [4.78, 5) is 20.5. The molecule has 0 saturated heterocycles. The lowest BCUT2D eigenvalue weighted by Crippen LogP contribution is -2.67. The fraction of sp³-hybridized carbons (Fsp3) is 0.867. The topological polar surface area (TPSA) is 159 Å². The van der Waals surface area contributed by atoms with Crippen LogP contribution in [0.25, 0.3) is 0 Å². The van der Waals surface area contributed by atoms with Gasteiger partial charge in [0.05, 0.1) is 6.61 Å². The number of rotatable bonds is 12. The Kier molecular flexibility index (Phi) is 10.5. The van der Waals surface area contributed by atoms with Crippen molar-refractivity contribution in [1.82, 2.24) is 10.6 Å². The first kappa shape index (κ1) is 24.1. The predicted octanol–water partition coefficient (Wildman–Crippen LogP) is -2.12. The summed E-state index contributed by atoms with van der Waals surface area (Å²) in [6.45, 7) is 2.71. The summed E-state index contributed by atoms with van der Waals surface area (Å²) in [5, 5.41) is 54.6. The smallest absolute Gasteiger partial charge is 0.256 e. The number of hydrogen-bond acceptors (Lipinski definition) is 8. The van der Waals surface area contributed by atoms with E-state index in [0.717, 1.165) is 0 Å². The van der Waals surface area contributed by atoms with Crippen LogP contribution in [-0.4, -0.2) is 79.8 Å². The van der Waals surface area contributed by atoms with Crippen LogP contribution in [0.15, 0.2) is 0 Å². The van der Waals surface area contributed by atoms with Gasteiger partial charge in [-0.15, -0.1) is 12.6 Å². The second-order valence-electron chi connectivity index (χ2n) is 5.98. The molecule has 0 aromatic heterocycles. The second kappa shape index (κ2) is 10.9. The summed E-state index contributed by atoms with van der Waals surface area (Å²) < 4.78 is 0. The Labute approximate surface area is 152 Å². The van der Waals surface area contributed by atoms with E-state index in [-0.39, 0.29) is 18.9 Å². The number of aliphatic hydroxyl groups excluding tert-OH is 3. The first-order chi connectivity index (χ1) is 11.5. The van der Waals surface area contributed by atoms with Crippen molar-refractivity contribution in [2.24, 2.45) is 0 Å². The molecule has 0 aliphatic heterocycles. The molecular weight excluding hydrogens is 352 g/mol. The Morgan fingerprint density at radius 2 is 1.68 bits per heavy atom. The van der Waals surface area contributed by atoms with Gasteiger partial charge in [0.2, 0.25) is 5.91 Å². The molecule has 4 atom stereocenters. The SMILES string of the molecule is CCCCC(O)(C(=O)NCCCNC(C)=O)C(O)(S)C(O)C(O)CO. The van der Waals surface area contributed by atoms with Crippen LogP contribution in [0.1, 0.15) is 39.5 Å². The third-order valence-corrected chi connectivity index (χ3v) is 4.49. The summed E-state index contributed by atoms with van der Waals surface area (Å²) >= 11 is 3.82. The minimum absolute atomic E-state index is 0.107. The van der Waals surface area contributed by atoms with Crippen LogP contribution >= 0.6 is 12.6 Å². The molecule has 0 aliphatic rings. The van der Waals surface area contributed by atoms with Crippen LogP contribution in [0, 0.1) is 0 Å². The van der Waals surface area contributed by atoms with E-state index in [0.29, 0.717) is 25.8 Å². The van der Waals surface area contributed by atoms with Crippen molar-refractivity contribution < 1.29 is 35.1 Å². The Bertz CT molecular complexity index is 436. The molecule has 0 aromatic rings. The van der Waals surface area contributed by atoms with Crippen LogP contribution in [-0.2, 0) is 9.59 Å². The number of aliphatic hydroxyl groups is 5. The number of amides is 2. The van der Waals surface area contributed by atoms with E-state index in [1.807, 2.05) is 6.92 Å². The summed E-state index contributed by atoms with van der Waals surface area (Å²) in [7, 11) is 0. The van der Waals surface area contributed by atoms with Gasteiger partial charge in [0.15, 0.2) is 10.5 Å². The Morgan fingerprint density at radius 1 is 1.12 bits per heavy atom. The maximum Gasteiger partial charge on any atom is 0.256 e. The van der Waals surface area contributed by atoms with E-state index in [1.54, 1.807) is 0 Å². The maximum atomic E-state index is 12.4. The minimum Gasteiger partial charge on any atom is -0.394 e. The maximum absolute atomic E-state index is 12.4. The van der Waals surface area contributed by atoms with Gasteiger partial charge in [-0.25, -0.2) is 0 Å². The van der Waals surface area contributed by atoms with Crippen LogP contribution in [0.2, 0.25) is 0 Å². The van der Waals surface area contributed by atoms with Gasteiger partial charge in [0, 0.05) is 20.0 Å². The van der Waals surface area contributed by atoms with E-state index < -0.39 is 35.3 Å². The van der Waals surface area contributed by atoms with Gasteiger partial charge in [-0.05, 0) is 12.8 Å². The fourth-order valence-electron chi connectivity index (χ4n) is 2.21. The number of unbranched alkanes of at least 4 members (excludes halogenated alkanes) is 1. The van der Waals surface area contributed by atoms with Crippen molar-refractivity contribution in [3.63, 3.8) is 0 Å². The normalized spacial score (nSPS) is 18.6. The third kappa shape index (κ3) is 6.72. The molecule has 0 saturated carbocycles. The van der Waals surface area contributed by atoms with Crippen molar-refractivity contribution in [1.29, 1.82) is 0 Å². The standard InChI is InChI=1S/C15H30N2O7S/c1-3-4-6-14(23,15(24,25)12(21)11(20)9-18)13(22)17-8-5-7-16-10(2)19/h11-12,18,20-21,23-25H,3-9H2,1-2H3,(H,16,19)(H,17,22). The number of nitrogens with one attached hydrogen (secondary N) is 2. The van der Waals surface area contributed by atoms with E-state index in [4.69, 9.17) is 5.11 Å². The highest BCUT2D eigenvalue weighted by Gasteiger charge is 2.57. The lowest BCUT2D eigenvalue weighted by molar-refractivity contribution is -0.189. The zero-order valence-electron chi connectivity index (χ0n) is 14.6. The first-order valence-corrected chi connectivity index (χ1v) is 8.66. The van der Waals surface area contributed by atoms with Gasteiger partial charge in [-0.2, -0.15) is 0 Å². The molecule has 0 rings (SSSR count). The van der Waals surface area contributed by atoms with Gasteiger partial charge >= 0.3 is 0 Å². The summed E-state index contributed by atoms with van der Waals surface area (Å²) in [5.41, 5.74) is -2.49. The highest BCUT2D eigenvalue weighted by atomic mass is 32.1. The molecule has 148 valence electrons. The van der Waals surface area contributed by atoms with Crippen LogP contribution in [0.3, 0.4) is 0 Å². The second-order valence-corrected chi connectivity index (χ2v) is 6.66. The quantitative estimate of drug-likeness (QED) is 0.109. The molecule has 2 amide bonds. The van der Waals surface area contributed by atoms with Crippen molar-refractivity contribution in [3.05, 3.63) is 0 Å². The van der Waals surface area contributed by atoms with Crippen molar-refractivity contribution in [2.45, 2.75) is 62.3 Å². The number of hydrogen-bond donors (Lipinski definition) is 8. The van der Waals surface area contributed by atoms with Gasteiger partial charge < -0.3 is 36.2 Å². The molecule has 4 unspecified atom stereocenters. The lowest BCUT2D eigenvalue weighted by Gasteiger charge is -2.42. The predicted molar refractivity (Wildman–Crippen MR) is 93.8 cm³/mol. The summed E-state index contributed by atoms with van der Waals surface area (Å²) in [6, 6.07) is 0. The van der Waals surface area contributed by atoms with E-state index in [9.17, 15) is 30.0 Å². The molecular formula is C15H30N2O7S. The molecule has 0 fully saturated rings. The van der Waals surface area contributed by atoms with Crippen molar-refractivity contribution in [3.8, 4) is 0 Å². The molecule has 0 radical (unpaired) electrons. The third-order valence-electron chi connectivity index (χ3n) is 3.85. The average molecular weight is 382 g/mol. The zero-order chi connectivity index (χ0) is 19.7. The average Bonchev–Trinajstić information content (AvgIpc) is 2.56. The van der Waals surface area contributed by atoms with E-state index in [1.165, 1.54) is 6.92 Å². The molecule has 9 nitrogen and oxygen atoms in total. The Morgan fingerprint density at radius 3 is 2.16 bits per heavy atom. The number of carbonyl (C=O) groups excluding carboxylic acids is 2. The molecule has 0 bridgehead atoms. The molecule has 0 aliphatic carbocycles. The number of thiol groups is 1. The van der Waals surface area contributed by atoms with Crippen LogP contribution in [0.4, 0.5) is 0 Å². The Hall–Kier alpha value is -0.910. The van der Waals surface area contributed by atoms with E-state index in [2.05, 4.69) is 23.3 Å². The molecule has 10 heteroatoms. The first-order valence-electron chi connectivity index (χ1n) is 8.21. The van der Waals surface area contributed by atoms with Crippen LogP contribution < -0.4 is 10.6 Å². The minimum atomic E-state index is -2.69. The van der Waals surface area contributed by atoms with Gasteiger partial charge in [-0.1, -0.05) is 19.8 Å². The van der Waals surface area contributed by atoms with Crippen LogP contribution in [0.5, 0.6) is 0 Å². The lowest BCUT2D eigenvalue weighted by atomic mass is 9.84. The molecule has 7 N–H and O–H groups in total. The number of carbonyl (C=O) groups is 2. The summed E-state index contributed by atoms with van der Waals surface area (Å²) in [5.74, 6) is -1.18. The highest BCUT2D eigenvalue weighted by Crippen LogP contribution is 2.36. The van der Waals surface area contributed by atoms with Gasteiger partial charge in [-0.3, -0.25) is 9.59 Å². The van der Waals surface area contributed by atoms with Crippen molar-refractivity contribution in [2.75, 3.05) is 19.7 Å². The molecule has 0 heterocycles.